The Kier molecular flexibility index (Phi) is 5.62. The van der Waals surface area contributed by atoms with Gasteiger partial charge in [-0.25, -0.2) is 15.0 Å². The number of amides is 1. The quantitative estimate of drug-likeness (QED) is 0.646. The number of morpholine rings is 1. The smallest absolute Gasteiger partial charge is 0.249 e. The van der Waals surface area contributed by atoms with Gasteiger partial charge < -0.3 is 19.2 Å². The number of hydrogen-bond donors (Lipinski definition) is 1. The average Bonchev–Trinajstić information content (AvgIpc) is 3.34. The summed E-state index contributed by atoms with van der Waals surface area (Å²) in [5, 5.41) is 2.89. The van der Waals surface area contributed by atoms with Crippen LogP contribution in [0, 0.1) is 13.8 Å². The number of pyridine rings is 1. The molecule has 3 aromatic rings. The number of rotatable bonds is 5. The largest absolute Gasteiger partial charge is 0.370 e. The summed E-state index contributed by atoms with van der Waals surface area (Å²) >= 11 is 0. The highest BCUT2D eigenvalue weighted by molar-refractivity contribution is 5.81. The maximum Gasteiger partial charge on any atom is 0.249 e. The van der Waals surface area contributed by atoms with E-state index in [1.165, 1.54) is 5.69 Å². The monoisotopic (exact) mass is 436 g/mol. The van der Waals surface area contributed by atoms with Gasteiger partial charge in [0.15, 0.2) is 0 Å². The van der Waals surface area contributed by atoms with Crippen LogP contribution in [-0.4, -0.2) is 68.2 Å². The standard InChI is InChI=1S/C23H28N6O3/c1-16-10-24-20(25-11-16)12-26-22(30)19-9-23(15-31-19)14-28(7-8-32-23)13-18-17(2)27-21-5-3-4-6-29(18)21/h3-6,10-11,19H,7-9,12-15H2,1-2H3,(H,26,30)/t19-,23+/m0/s1. The van der Waals surface area contributed by atoms with E-state index < -0.39 is 11.7 Å². The van der Waals surface area contributed by atoms with Gasteiger partial charge in [0.2, 0.25) is 5.91 Å². The average molecular weight is 437 g/mol. The van der Waals surface area contributed by atoms with Gasteiger partial charge in [-0.2, -0.15) is 0 Å². The van der Waals surface area contributed by atoms with E-state index in [-0.39, 0.29) is 12.5 Å². The molecule has 0 radical (unpaired) electrons. The lowest BCUT2D eigenvalue weighted by Gasteiger charge is -2.39. The molecule has 2 aliphatic rings. The molecule has 9 nitrogen and oxygen atoms in total. The molecule has 2 fully saturated rings. The summed E-state index contributed by atoms with van der Waals surface area (Å²) in [7, 11) is 0. The fourth-order valence-electron chi connectivity index (χ4n) is 4.50. The fourth-order valence-corrected chi connectivity index (χ4v) is 4.50. The zero-order valence-corrected chi connectivity index (χ0v) is 18.5. The SMILES string of the molecule is Cc1cnc(CNC(=O)[C@@H]2C[C@]3(CO2)CN(Cc2c(C)nc4ccccn24)CCO3)nc1. The molecular formula is C23H28N6O3. The van der Waals surface area contributed by atoms with Crippen molar-refractivity contribution in [3.05, 3.63) is 59.6 Å². The molecule has 5 heterocycles. The second-order valence-corrected chi connectivity index (χ2v) is 8.71. The summed E-state index contributed by atoms with van der Waals surface area (Å²) in [4.78, 5) is 28.2. The molecule has 1 amide bonds. The number of nitrogens with one attached hydrogen (secondary N) is 1. The molecule has 0 aromatic carbocycles. The van der Waals surface area contributed by atoms with E-state index in [2.05, 4.69) is 42.7 Å². The summed E-state index contributed by atoms with van der Waals surface area (Å²) in [6.45, 7) is 7.63. The van der Waals surface area contributed by atoms with Gasteiger partial charge >= 0.3 is 0 Å². The topological polar surface area (TPSA) is 93.9 Å². The number of ether oxygens (including phenoxy) is 2. The molecule has 2 aliphatic heterocycles. The van der Waals surface area contributed by atoms with E-state index in [4.69, 9.17) is 9.47 Å². The van der Waals surface area contributed by atoms with Gasteiger partial charge in [0.05, 0.1) is 31.1 Å². The zero-order valence-electron chi connectivity index (χ0n) is 18.5. The summed E-state index contributed by atoms with van der Waals surface area (Å²) in [5.74, 6) is 0.435. The normalized spacial score (nSPS) is 23.8. The van der Waals surface area contributed by atoms with Gasteiger partial charge in [-0.1, -0.05) is 6.07 Å². The Morgan fingerprint density at radius 3 is 2.97 bits per heavy atom. The Morgan fingerprint density at radius 2 is 2.12 bits per heavy atom. The van der Waals surface area contributed by atoms with Gasteiger partial charge in [-0.05, 0) is 31.5 Å². The summed E-state index contributed by atoms with van der Waals surface area (Å²) in [6, 6.07) is 6.04. The molecule has 0 saturated carbocycles. The Balaban J connectivity index is 1.20. The third kappa shape index (κ3) is 4.23. The maximum atomic E-state index is 12.7. The van der Waals surface area contributed by atoms with Gasteiger partial charge in [0, 0.05) is 44.6 Å². The Morgan fingerprint density at radius 1 is 1.28 bits per heavy atom. The van der Waals surface area contributed by atoms with Gasteiger partial charge in [-0.15, -0.1) is 0 Å². The first-order chi connectivity index (χ1) is 15.5. The lowest BCUT2D eigenvalue weighted by atomic mass is 9.97. The zero-order chi connectivity index (χ0) is 22.1. The van der Waals surface area contributed by atoms with Crippen LogP contribution in [0.2, 0.25) is 0 Å². The fraction of sp³-hybridized carbons (Fsp3) is 0.478. The molecule has 32 heavy (non-hydrogen) atoms. The van der Waals surface area contributed by atoms with E-state index in [1.807, 2.05) is 25.1 Å². The van der Waals surface area contributed by atoms with E-state index in [0.717, 1.165) is 36.5 Å². The first-order valence-electron chi connectivity index (χ1n) is 11.0. The van der Waals surface area contributed by atoms with Crippen molar-refractivity contribution < 1.29 is 14.3 Å². The van der Waals surface area contributed by atoms with E-state index in [9.17, 15) is 4.79 Å². The highest BCUT2D eigenvalue weighted by atomic mass is 16.6. The lowest BCUT2D eigenvalue weighted by Crippen LogP contribution is -2.52. The minimum absolute atomic E-state index is 0.149. The van der Waals surface area contributed by atoms with Gasteiger partial charge in [0.1, 0.15) is 23.2 Å². The van der Waals surface area contributed by atoms with Crippen molar-refractivity contribution in [2.24, 2.45) is 0 Å². The highest BCUT2D eigenvalue weighted by Gasteiger charge is 2.47. The van der Waals surface area contributed by atoms with E-state index in [1.54, 1.807) is 12.4 Å². The highest BCUT2D eigenvalue weighted by Crippen LogP contribution is 2.32. The van der Waals surface area contributed by atoms with Gasteiger partial charge in [-0.3, -0.25) is 9.69 Å². The van der Waals surface area contributed by atoms with Crippen LogP contribution in [0.4, 0.5) is 0 Å². The van der Waals surface area contributed by atoms with Crippen LogP contribution in [0.1, 0.15) is 29.2 Å². The second kappa shape index (κ2) is 8.57. The van der Waals surface area contributed by atoms with Crippen LogP contribution in [0.3, 0.4) is 0 Å². The minimum Gasteiger partial charge on any atom is -0.370 e. The lowest BCUT2D eigenvalue weighted by molar-refractivity contribution is -0.130. The Labute approximate surface area is 186 Å². The van der Waals surface area contributed by atoms with Crippen molar-refractivity contribution in [1.82, 2.24) is 29.6 Å². The third-order valence-corrected chi connectivity index (χ3v) is 6.18. The Bertz CT molecular complexity index is 1110. The molecule has 3 aromatic heterocycles. The predicted molar refractivity (Wildman–Crippen MR) is 117 cm³/mol. The van der Waals surface area contributed by atoms with Crippen molar-refractivity contribution >= 4 is 11.6 Å². The summed E-state index contributed by atoms with van der Waals surface area (Å²) < 4.78 is 14.2. The van der Waals surface area contributed by atoms with Crippen LogP contribution in [0.5, 0.6) is 0 Å². The molecule has 2 atom stereocenters. The number of fused-ring (bicyclic) bond motifs is 1. The minimum atomic E-state index is -0.530. The third-order valence-electron chi connectivity index (χ3n) is 6.18. The molecule has 1 N–H and O–H groups in total. The number of aromatic nitrogens is 4. The number of imidazole rings is 1. The van der Waals surface area contributed by atoms with Crippen molar-refractivity contribution in [2.75, 3.05) is 26.3 Å². The Hall–Kier alpha value is -2.88. The van der Waals surface area contributed by atoms with Crippen molar-refractivity contribution in [1.29, 1.82) is 0 Å². The van der Waals surface area contributed by atoms with Crippen LogP contribution < -0.4 is 5.32 Å². The molecule has 0 unspecified atom stereocenters. The van der Waals surface area contributed by atoms with Crippen LogP contribution in [0.15, 0.2) is 36.8 Å². The molecule has 0 aliphatic carbocycles. The molecule has 168 valence electrons. The predicted octanol–water partition coefficient (Wildman–Crippen LogP) is 1.42. The number of aryl methyl sites for hydroxylation is 2. The van der Waals surface area contributed by atoms with E-state index >= 15 is 0 Å². The van der Waals surface area contributed by atoms with Crippen molar-refractivity contribution in [2.45, 2.75) is 45.1 Å². The number of carbonyl (C=O) groups is 1. The molecule has 2 saturated heterocycles. The molecule has 1 spiro atoms. The van der Waals surface area contributed by atoms with Crippen LogP contribution in [-0.2, 0) is 27.4 Å². The number of nitrogens with zero attached hydrogens (tertiary/aromatic N) is 5. The van der Waals surface area contributed by atoms with Crippen LogP contribution in [0.25, 0.3) is 5.65 Å². The first kappa shape index (κ1) is 21.0. The number of hydrogen-bond acceptors (Lipinski definition) is 7. The summed E-state index contributed by atoms with van der Waals surface area (Å²) in [6.07, 6.45) is 5.54. The first-order valence-corrected chi connectivity index (χ1v) is 11.0. The maximum absolute atomic E-state index is 12.7. The molecule has 0 bridgehead atoms. The van der Waals surface area contributed by atoms with Crippen molar-refractivity contribution in [3.8, 4) is 0 Å². The van der Waals surface area contributed by atoms with Crippen molar-refractivity contribution in [3.63, 3.8) is 0 Å². The molecule has 5 rings (SSSR count). The summed E-state index contributed by atoms with van der Waals surface area (Å²) in [5.41, 5.74) is 3.70. The van der Waals surface area contributed by atoms with Crippen LogP contribution >= 0.6 is 0 Å². The number of carbonyl (C=O) groups excluding carboxylic acids is 1. The molecule has 9 heteroatoms. The second-order valence-electron chi connectivity index (χ2n) is 8.71. The molecular weight excluding hydrogens is 408 g/mol. The van der Waals surface area contributed by atoms with Gasteiger partial charge in [0.25, 0.3) is 0 Å². The van der Waals surface area contributed by atoms with E-state index in [0.29, 0.717) is 25.5 Å².